The molecular weight excluding hydrogens is 168 g/mol. The summed E-state index contributed by atoms with van der Waals surface area (Å²) in [5, 5.41) is 0. The molecule has 0 rings (SSSR count). The minimum absolute atomic E-state index is 0.853. The Morgan fingerprint density at radius 3 is 1.79 bits per heavy atom. The second-order valence-electron chi connectivity index (χ2n) is 5.65. The van der Waals surface area contributed by atoms with E-state index < -0.39 is 0 Å². The Bertz CT molecular complexity index is 126. The molecule has 0 aromatic rings. The Hall–Kier alpha value is 0. The highest BCUT2D eigenvalue weighted by Crippen LogP contribution is 2.23. The smallest absolute Gasteiger partial charge is 0.0420 e. The van der Waals surface area contributed by atoms with E-state index in [1.807, 2.05) is 0 Å². The van der Waals surface area contributed by atoms with Gasteiger partial charge in [-0.1, -0.05) is 60.8 Å². The fourth-order valence-electron chi connectivity index (χ4n) is 1.85. The monoisotopic (exact) mass is 198 g/mol. The topological polar surface area (TPSA) is 0 Å². The summed E-state index contributed by atoms with van der Waals surface area (Å²) in [6, 6.07) is 0. The normalized spacial score (nSPS) is 18.2. The van der Waals surface area contributed by atoms with E-state index in [9.17, 15) is 0 Å². The Balaban J connectivity index is 3.58. The van der Waals surface area contributed by atoms with Crippen LogP contribution >= 0.6 is 0 Å². The van der Waals surface area contributed by atoms with Gasteiger partial charge in [-0.25, -0.2) is 0 Å². The highest BCUT2D eigenvalue weighted by Gasteiger charge is 2.11. The Labute approximate surface area is 91.5 Å². The van der Waals surface area contributed by atoms with Crippen LogP contribution in [0.5, 0.6) is 0 Å². The zero-order chi connectivity index (χ0) is 11.1. The van der Waals surface area contributed by atoms with Gasteiger partial charge in [0.15, 0.2) is 0 Å². The number of hydrogen-bond acceptors (Lipinski definition) is 0. The first-order chi connectivity index (χ1) is 6.47. The Kier molecular flexibility index (Phi) is 7.31. The van der Waals surface area contributed by atoms with Gasteiger partial charge in [-0.2, -0.15) is 0 Å². The van der Waals surface area contributed by atoms with Gasteiger partial charge >= 0.3 is 0 Å². The second-order valence-corrected chi connectivity index (χ2v) is 5.65. The van der Waals surface area contributed by atoms with Crippen molar-refractivity contribution in [2.75, 3.05) is 0 Å². The number of rotatable bonds is 7. The molecule has 0 saturated heterocycles. The van der Waals surface area contributed by atoms with Crippen molar-refractivity contribution in [3.8, 4) is 0 Å². The van der Waals surface area contributed by atoms with Crippen LogP contribution in [0.4, 0.5) is 0 Å². The van der Waals surface area contributed by atoms with Crippen LogP contribution in [-0.4, -0.2) is 0 Å². The molecule has 0 aromatic carbocycles. The first-order valence-electron chi connectivity index (χ1n) is 6.47. The van der Waals surface area contributed by atoms with E-state index in [4.69, 9.17) is 0 Å². The Morgan fingerprint density at radius 1 is 0.786 bits per heavy atom. The predicted molar refractivity (Wildman–Crippen MR) is 66.5 cm³/mol. The average molecular weight is 198 g/mol. The SMILES string of the molecule is CCC(C)CC(C)CCC(C)C(C)C. The predicted octanol–water partition coefficient (Wildman–Crippen LogP) is 5.13. The van der Waals surface area contributed by atoms with Crippen LogP contribution in [-0.2, 0) is 0 Å². The van der Waals surface area contributed by atoms with Crippen LogP contribution < -0.4 is 0 Å². The first kappa shape index (κ1) is 14.0. The maximum absolute atomic E-state index is 2.42. The van der Waals surface area contributed by atoms with E-state index in [1.54, 1.807) is 0 Å². The second kappa shape index (κ2) is 7.31. The van der Waals surface area contributed by atoms with Crippen LogP contribution in [0, 0.1) is 23.7 Å². The summed E-state index contributed by atoms with van der Waals surface area (Å²) in [6.07, 6.45) is 5.59. The molecule has 14 heavy (non-hydrogen) atoms. The van der Waals surface area contributed by atoms with E-state index >= 15 is 0 Å². The van der Waals surface area contributed by atoms with Crippen molar-refractivity contribution in [3.05, 3.63) is 0 Å². The van der Waals surface area contributed by atoms with E-state index in [2.05, 4.69) is 41.5 Å². The zero-order valence-corrected chi connectivity index (χ0v) is 11.1. The molecule has 0 heteroatoms. The van der Waals surface area contributed by atoms with Gasteiger partial charge in [-0.15, -0.1) is 0 Å². The third-order valence-electron chi connectivity index (χ3n) is 3.75. The van der Waals surface area contributed by atoms with Gasteiger partial charge in [0.05, 0.1) is 0 Å². The molecule has 0 spiro atoms. The van der Waals surface area contributed by atoms with Crippen molar-refractivity contribution >= 4 is 0 Å². The summed E-state index contributed by atoms with van der Waals surface area (Å²) < 4.78 is 0. The lowest BCUT2D eigenvalue weighted by Crippen LogP contribution is -2.08. The maximum atomic E-state index is 2.42. The first-order valence-corrected chi connectivity index (χ1v) is 6.47. The summed E-state index contributed by atoms with van der Waals surface area (Å²) in [5.41, 5.74) is 0. The van der Waals surface area contributed by atoms with Gasteiger partial charge in [0, 0.05) is 0 Å². The molecule has 86 valence electrons. The Morgan fingerprint density at radius 2 is 1.36 bits per heavy atom. The minimum Gasteiger partial charge on any atom is -0.0651 e. The molecule has 0 aliphatic rings. The largest absolute Gasteiger partial charge is 0.0651 e. The quantitative estimate of drug-likeness (QED) is 0.532. The molecule has 0 saturated carbocycles. The zero-order valence-electron chi connectivity index (χ0n) is 11.1. The van der Waals surface area contributed by atoms with Crippen LogP contribution in [0.1, 0.15) is 67.2 Å². The number of hydrogen-bond donors (Lipinski definition) is 0. The molecule has 3 unspecified atom stereocenters. The lowest BCUT2D eigenvalue weighted by atomic mass is 9.86. The lowest BCUT2D eigenvalue weighted by Gasteiger charge is -2.20. The fraction of sp³-hybridized carbons (Fsp3) is 1.00. The molecular formula is C14H30. The summed E-state index contributed by atoms with van der Waals surface area (Å²) in [7, 11) is 0. The molecule has 0 radical (unpaired) electrons. The van der Waals surface area contributed by atoms with Crippen LogP contribution in [0.2, 0.25) is 0 Å². The van der Waals surface area contributed by atoms with Crippen LogP contribution in [0.25, 0.3) is 0 Å². The molecule has 0 bridgehead atoms. The standard InChI is InChI=1S/C14H30/c1-7-12(4)10-13(5)8-9-14(6)11(2)3/h11-14H,7-10H2,1-6H3. The van der Waals surface area contributed by atoms with Crippen molar-refractivity contribution in [2.24, 2.45) is 23.7 Å². The lowest BCUT2D eigenvalue weighted by molar-refractivity contribution is 0.319. The van der Waals surface area contributed by atoms with Crippen molar-refractivity contribution in [1.29, 1.82) is 0 Å². The van der Waals surface area contributed by atoms with Gasteiger partial charge in [-0.05, 0) is 30.1 Å². The van der Waals surface area contributed by atoms with Crippen molar-refractivity contribution < 1.29 is 0 Å². The van der Waals surface area contributed by atoms with Crippen LogP contribution in [0.15, 0.2) is 0 Å². The van der Waals surface area contributed by atoms with E-state index in [0.29, 0.717) is 0 Å². The van der Waals surface area contributed by atoms with E-state index in [0.717, 1.165) is 23.7 Å². The third-order valence-corrected chi connectivity index (χ3v) is 3.75. The van der Waals surface area contributed by atoms with Gasteiger partial charge in [0.2, 0.25) is 0 Å². The molecule has 0 aromatic heterocycles. The highest BCUT2D eigenvalue weighted by molar-refractivity contribution is 4.63. The van der Waals surface area contributed by atoms with Gasteiger partial charge < -0.3 is 0 Å². The van der Waals surface area contributed by atoms with Crippen molar-refractivity contribution in [3.63, 3.8) is 0 Å². The van der Waals surface area contributed by atoms with E-state index in [-0.39, 0.29) is 0 Å². The maximum Gasteiger partial charge on any atom is -0.0420 e. The third kappa shape index (κ3) is 6.45. The summed E-state index contributed by atoms with van der Waals surface area (Å²) in [5.74, 6) is 3.59. The molecule has 0 aliphatic heterocycles. The van der Waals surface area contributed by atoms with E-state index in [1.165, 1.54) is 25.7 Å². The molecule has 0 amide bonds. The molecule has 0 nitrogen and oxygen atoms in total. The minimum atomic E-state index is 0.853. The molecule has 0 fully saturated rings. The van der Waals surface area contributed by atoms with Gasteiger partial charge in [0.25, 0.3) is 0 Å². The molecule has 0 N–H and O–H groups in total. The highest BCUT2D eigenvalue weighted by atomic mass is 14.2. The summed E-state index contributed by atoms with van der Waals surface area (Å²) >= 11 is 0. The molecule has 0 aliphatic carbocycles. The van der Waals surface area contributed by atoms with Gasteiger partial charge in [0.1, 0.15) is 0 Å². The van der Waals surface area contributed by atoms with Crippen molar-refractivity contribution in [2.45, 2.75) is 67.2 Å². The average Bonchev–Trinajstić information content (AvgIpc) is 2.13. The fourth-order valence-corrected chi connectivity index (χ4v) is 1.85. The summed E-state index contributed by atoms with van der Waals surface area (Å²) in [4.78, 5) is 0. The summed E-state index contributed by atoms with van der Waals surface area (Å²) in [6.45, 7) is 14.2. The van der Waals surface area contributed by atoms with Gasteiger partial charge in [-0.3, -0.25) is 0 Å². The van der Waals surface area contributed by atoms with Crippen LogP contribution in [0.3, 0.4) is 0 Å². The van der Waals surface area contributed by atoms with Crippen molar-refractivity contribution in [1.82, 2.24) is 0 Å². The molecule has 0 heterocycles. The molecule has 3 atom stereocenters.